The molecular formula is C12H9ClFN3O. The lowest BCUT2D eigenvalue weighted by molar-refractivity contribution is 0.102. The summed E-state index contributed by atoms with van der Waals surface area (Å²) in [5.74, 6) is -1.34. The third kappa shape index (κ3) is 2.41. The SMILES string of the molecule is Nc1cccc(Cl)c1NC(=O)c1ccncc1F. The number of pyridine rings is 1. The number of anilines is 2. The van der Waals surface area contributed by atoms with E-state index in [0.717, 1.165) is 6.20 Å². The maximum atomic E-state index is 13.4. The Morgan fingerprint density at radius 2 is 2.17 bits per heavy atom. The van der Waals surface area contributed by atoms with Gasteiger partial charge >= 0.3 is 0 Å². The summed E-state index contributed by atoms with van der Waals surface area (Å²) in [5, 5.41) is 2.76. The number of hydrogen-bond acceptors (Lipinski definition) is 3. The summed E-state index contributed by atoms with van der Waals surface area (Å²) in [6, 6.07) is 6.10. The van der Waals surface area contributed by atoms with Gasteiger partial charge in [-0.15, -0.1) is 0 Å². The fourth-order valence-electron chi connectivity index (χ4n) is 1.41. The molecule has 1 heterocycles. The smallest absolute Gasteiger partial charge is 0.258 e. The molecule has 0 saturated carbocycles. The average Bonchev–Trinajstić information content (AvgIpc) is 2.34. The molecule has 0 atom stereocenters. The number of nitrogens with one attached hydrogen (secondary N) is 1. The van der Waals surface area contributed by atoms with Crippen LogP contribution in [0.5, 0.6) is 0 Å². The molecule has 0 aliphatic heterocycles. The molecule has 2 aromatic rings. The largest absolute Gasteiger partial charge is 0.397 e. The molecular weight excluding hydrogens is 257 g/mol. The third-order valence-corrected chi connectivity index (χ3v) is 2.62. The van der Waals surface area contributed by atoms with Crippen LogP contribution in [-0.4, -0.2) is 10.9 Å². The van der Waals surface area contributed by atoms with E-state index in [0.29, 0.717) is 5.69 Å². The van der Waals surface area contributed by atoms with Crippen LogP contribution < -0.4 is 11.1 Å². The van der Waals surface area contributed by atoms with Gasteiger partial charge in [0.1, 0.15) is 0 Å². The summed E-state index contributed by atoms with van der Waals surface area (Å²) < 4.78 is 13.4. The molecule has 92 valence electrons. The molecule has 1 aromatic carbocycles. The lowest BCUT2D eigenvalue weighted by Gasteiger charge is -2.10. The Hall–Kier alpha value is -2.14. The predicted octanol–water partition coefficient (Wildman–Crippen LogP) is 2.71. The molecule has 0 aliphatic rings. The van der Waals surface area contributed by atoms with Crippen LogP contribution in [0.2, 0.25) is 5.02 Å². The highest BCUT2D eigenvalue weighted by molar-refractivity contribution is 6.34. The van der Waals surface area contributed by atoms with E-state index in [1.807, 2.05) is 0 Å². The van der Waals surface area contributed by atoms with Crippen LogP contribution >= 0.6 is 11.6 Å². The first-order chi connectivity index (χ1) is 8.59. The van der Waals surface area contributed by atoms with Crippen molar-refractivity contribution >= 4 is 28.9 Å². The summed E-state index contributed by atoms with van der Waals surface area (Å²) in [4.78, 5) is 15.4. The monoisotopic (exact) mass is 265 g/mol. The standard InChI is InChI=1S/C12H9ClFN3O/c13-8-2-1-3-10(15)11(8)17-12(18)7-4-5-16-6-9(7)14/h1-6H,15H2,(H,17,18). The first-order valence-corrected chi connectivity index (χ1v) is 5.42. The molecule has 6 heteroatoms. The molecule has 0 aliphatic carbocycles. The topological polar surface area (TPSA) is 68.0 Å². The molecule has 3 N–H and O–H groups in total. The summed E-state index contributed by atoms with van der Waals surface area (Å²) in [5.41, 5.74) is 6.13. The van der Waals surface area contributed by atoms with Gasteiger partial charge in [-0.1, -0.05) is 17.7 Å². The Labute approximate surface area is 108 Å². The summed E-state index contributed by atoms with van der Waals surface area (Å²) in [6.07, 6.45) is 2.29. The highest BCUT2D eigenvalue weighted by Crippen LogP contribution is 2.28. The molecule has 1 amide bonds. The Morgan fingerprint density at radius 1 is 1.39 bits per heavy atom. The zero-order valence-electron chi connectivity index (χ0n) is 9.15. The van der Waals surface area contributed by atoms with Crippen molar-refractivity contribution in [1.82, 2.24) is 4.98 Å². The molecule has 4 nitrogen and oxygen atoms in total. The van der Waals surface area contributed by atoms with E-state index >= 15 is 0 Å². The Kier molecular flexibility index (Phi) is 3.43. The number of aromatic nitrogens is 1. The van der Waals surface area contributed by atoms with Crippen molar-refractivity contribution in [2.24, 2.45) is 0 Å². The first kappa shape index (κ1) is 12.3. The van der Waals surface area contributed by atoms with E-state index in [4.69, 9.17) is 17.3 Å². The average molecular weight is 266 g/mol. The van der Waals surface area contributed by atoms with Crippen LogP contribution in [0.25, 0.3) is 0 Å². The van der Waals surface area contributed by atoms with Gasteiger partial charge in [0.25, 0.3) is 5.91 Å². The second-order valence-corrected chi connectivity index (χ2v) is 3.92. The van der Waals surface area contributed by atoms with E-state index in [-0.39, 0.29) is 16.3 Å². The van der Waals surface area contributed by atoms with E-state index in [1.165, 1.54) is 12.3 Å². The summed E-state index contributed by atoms with van der Waals surface area (Å²) in [6.45, 7) is 0. The van der Waals surface area contributed by atoms with Crippen LogP contribution in [0, 0.1) is 5.82 Å². The van der Waals surface area contributed by atoms with Crippen LogP contribution in [-0.2, 0) is 0 Å². The number of benzene rings is 1. The quantitative estimate of drug-likeness (QED) is 0.821. The number of nitrogen functional groups attached to an aromatic ring is 1. The minimum atomic E-state index is -0.708. The maximum Gasteiger partial charge on any atom is 0.258 e. The zero-order chi connectivity index (χ0) is 13.1. The number of carbonyl (C=O) groups excluding carboxylic acids is 1. The number of amides is 1. The van der Waals surface area contributed by atoms with Gasteiger partial charge in [-0.3, -0.25) is 9.78 Å². The van der Waals surface area contributed by atoms with Crippen molar-refractivity contribution in [3.8, 4) is 0 Å². The lowest BCUT2D eigenvalue weighted by Crippen LogP contribution is -2.15. The number of nitrogens with two attached hydrogens (primary N) is 1. The van der Waals surface area contributed by atoms with Gasteiger partial charge in [0.05, 0.1) is 28.2 Å². The van der Waals surface area contributed by atoms with Gasteiger partial charge < -0.3 is 11.1 Å². The second kappa shape index (κ2) is 5.01. The molecule has 1 aromatic heterocycles. The number of nitrogens with zero attached hydrogens (tertiary/aromatic N) is 1. The van der Waals surface area contributed by atoms with Crippen molar-refractivity contribution in [3.05, 3.63) is 53.1 Å². The first-order valence-electron chi connectivity index (χ1n) is 5.04. The number of hydrogen-bond donors (Lipinski definition) is 2. The highest BCUT2D eigenvalue weighted by Gasteiger charge is 2.14. The van der Waals surface area contributed by atoms with E-state index in [9.17, 15) is 9.18 Å². The Bertz CT molecular complexity index is 583. The number of para-hydroxylation sites is 1. The van der Waals surface area contributed by atoms with E-state index < -0.39 is 11.7 Å². The second-order valence-electron chi connectivity index (χ2n) is 3.51. The molecule has 0 saturated heterocycles. The summed E-state index contributed by atoms with van der Waals surface area (Å²) >= 11 is 5.90. The Balaban J connectivity index is 2.30. The van der Waals surface area contributed by atoms with Gasteiger partial charge in [-0.25, -0.2) is 4.39 Å². The van der Waals surface area contributed by atoms with Gasteiger partial charge in [-0.2, -0.15) is 0 Å². The normalized spacial score (nSPS) is 10.1. The van der Waals surface area contributed by atoms with Gasteiger partial charge in [0, 0.05) is 6.20 Å². The number of rotatable bonds is 2. The fourth-order valence-corrected chi connectivity index (χ4v) is 1.64. The lowest BCUT2D eigenvalue weighted by atomic mass is 10.2. The molecule has 18 heavy (non-hydrogen) atoms. The molecule has 0 spiro atoms. The Morgan fingerprint density at radius 3 is 2.83 bits per heavy atom. The van der Waals surface area contributed by atoms with Crippen molar-refractivity contribution in [2.45, 2.75) is 0 Å². The zero-order valence-corrected chi connectivity index (χ0v) is 9.91. The van der Waals surface area contributed by atoms with Gasteiger partial charge in [0.15, 0.2) is 5.82 Å². The number of halogens is 2. The van der Waals surface area contributed by atoms with Gasteiger partial charge in [-0.05, 0) is 18.2 Å². The molecule has 0 radical (unpaired) electrons. The summed E-state index contributed by atoms with van der Waals surface area (Å²) in [7, 11) is 0. The fraction of sp³-hybridized carbons (Fsp3) is 0. The van der Waals surface area contributed by atoms with Crippen LogP contribution in [0.15, 0.2) is 36.7 Å². The third-order valence-electron chi connectivity index (χ3n) is 2.30. The minimum Gasteiger partial charge on any atom is -0.397 e. The predicted molar refractivity (Wildman–Crippen MR) is 68.0 cm³/mol. The molecule has 0 bridgehead atoms. The van der Waals surface area contributed by atoms with Gasteiger partial charge in [0.2, 0.25) is 0 Å². The van der Waals surface area contributed by atoms with Crippen molar-refractivity contribution in [1.29, 1.82) is 0 Å². The number of carbonyl (C=O) groups is 1. The highest BCUT2D eigenvalue weighted by atomic mass is 35.5. The van der Waals surface area contributed by atoms with Crippen LogP contribution in [0.4, 0.5) is 15.8 Å². The van der Waals surface area contributed by atoms with Crippen molar-refractivity contribution in [2.75, 3.05) is 11.1 Å². The molecule has 0 unspecified atom stereocenters. The molecule has 2 rings (SSSR count). The van der Waals surface area contributed by atoms with E-state index in [2.05, 4.69) is 10.3 Å². The van der Waals surface area contributed by atoms with Crippen LogP contribution in [0.1, 0.15) is 10.4 Å². The van der Waals surface area contributed by atoms with Crippen molar-refractivity contribution < 1.29 is 9.18 Å². The van der Waals surface area contributed by atoms with Crippen LogP contribution in [0.3, 0.4) is 0 Å². The van der Waals surface area contributed by atoms with E-state index in [1.54, 1.807) is 18.2 Å². The molecule has 0 fully saturated rings. The van der Waals surface area contributed by atoms with Crippen molar-refractivity contribution in [3.63, 3.8) is 0 Å². The minimum absolute atomic E-state index is 0.121. The maximum absolute atomic E-state index is 13.4.